The van der Waals surface area contributed by atoms with Gasteiger partial charge in [-0.2, -0.15) is 0 Å². The minimum absolute atomic E-state index is 0.159. The van der Waals surface area contributed by atoms with Gasteiger partial charge in [0.2, 0.25) is 0 Å². The molecule has 1 atom stereocenters. The van der Waals surface area contributed by atoms with E-state index >= 15 is 0 Å². The lowest BCUT2D eigenvalue weighted by molar-refractivity contribution is 0.166. The third-order valence-electron chi connectivity index (χ3n) is 2.83. The Morgan fingerprint density at radius 2 is 1.67 bits per heavy atom. The van der Waals surface area contributed by atoms with E-state index in [0.29, 0.717) is 33.3 Å². The zero-order valence-corrected chi connectivity index (χ0v) is 14.4. The Labute approximate surface area is 132 Å². The van der Waals surface area contributed by atoms with Crippen molar-refractivity contribution in [2.24, 2.45) is 11.3 Å². The third-order valence-corrected chi connectivity index (χ3v) is 4.62. The van der Waals surface area contributed by atoms with Gasteiger partial charge in [0.15, 0.2) is 0 Å². The average Bonchev–Trinajstić information content (AvgIpc) is 2.24. The van der Waals surface area contributed by atoms with E-state index in [-0.39, 0.29) is 5.41 Å². The Morgan fingerprint density at radius 3 is 2.17 bits per heavy atom. The summed E-state index contributed by atoms with van der Waals surface area (Å²) >= 11 is 21.4. The van der Waals surface area contributed by atoms with Gasteiger partial charge in [-0.1, -0.05) is 71.5 Å². The minimum Gasteiger partial charge on any atom is -0.492 e. The van der Waals surface area contributed by atoms with Crippen LogP contribution in [0.25, 0.3) is 0 Å². The van der Waals surface area contributed by atoms with Crippen LogP contribution < -0.4 is 4.74 Å². The summed E-state index contributed by atoms with van der Waals surface area (Å²) < 4.78 is 5.75. The highest BCUT2D eigenvalue weighted by atomic mass is 79.9. The third kappa shape index (κ3) is 4.48. The van der Waals surface area contributed by atoms with Gasteiger partial charge in [0.05, 0.1) is 21.7 Å². The van der Waals surface area contributed by atoms with Crippen LogP contribution >= 0.6 is 50.7 Å². The minimum atomic E-state index is 0.159. The molecule has 0 fully saturated rings. The van der Waals surface area contributed by atoms with E-state index in [1.165, 1.54) is 0 Å². The summed E-state index contributed by atoms with van der Waals surface area (Å²) in [6.07, 6.45) is 0. The molecular weight excluding hydrogens is 358 g/mol. The van der Waals surface area contributed by atoms with Crippen LogP contribution in [-0.4, -0.2) is 11.9 Å². The van der Waals surface area contributed by atoms with Gasteiger partial charge in [0, 0.05) is 17.3 Å². The normalized spacial score (nSPS) is 13.5. The van der Waals surface area contributed by atoms with Crippen LogP contribution in [0.5, 0.6) is 5.75 Å². The number of hydrogen-bond donors (Lipinski definition) is 0. The quantitative estimate of drug-likeness (QED) is 0.458. The predicted molar refractivity (Wildman–Crippen MR) is 83.7 cm³/mol. The van der Waals surface area contributed by atoms with Gasteiger partial charge in [-0.25, -0.2) is 0 Å². The molecule has 1 unspecified atom stereocenters. The van der Waals surface area contributed by atoms with Crippen molar-refractivity contribution in [2.75, 3.05) is 11.9 Å². The van der Waals surface area contributed by atoms with Gasteiger partial charge < -0.3 is 4.74 Å². The first-order chi connectivity index (χ1) is 8.25. The Balaban J connectivity index is 2.77. The monoisotopic (exact) mass is 372 g/mol. The molecule has 5 heteroatoms. The van der Waals surface area contributed by atoms with Crippen LogP contribution in [0.1, 0.15) is 20.8 Å². The van der Waals surface area contributed by atoms with E-state index in [1.807, 2.05) is 0 Å². The highest BCUT2D eigenvalue weighted by Crippen LogP contribution is 2.35. The van der Waals surface area contributed by atoms with E-state index in [9.17, 15) is 0 Å². The topological polar surface area (TPSA) is 9.23 Å². The van der Waals surface area contributed by atoms with Crippen LogP contribution in [-0.2, 0) is 0 Å². The maximum Gasteiger partial charge on any atom is 0.139 e. The van der Waals surface area contributed by atoms with Gasteiger partial charge in [-0.15, -0.1) is 0 Å². The second-order valence-corrected chi connectivity index (χ2v) is 7.09. The molecule has 0 saturated heterocycles. The number of rotatable bonds is 4. The Kier molecular flexibility index (Phi) is 6.11. The van der Waals surface area contributed by atoms with Crippen LogP contribution in [0.15, 0.2) is 12.1 Å². The molecule has 0 radical (unpaired) electrons. The van der Waals surface area contributed by atoms with Gasteiger partial charge in [0.25, 0.3) is 0 Å². The number of hydrogen-bond acceptors (Lipinski definition) is 1. The second-order valence-electron chi connectivity index (χ2n) is 5.22. The first-order valence-electron chi connectivity index (χ1n) is 5.59. The van der Waals surface area contributed by atoms with E-state index in [0.717, 1.165) is 5.33 Å². The van der Waals surface area contributed by atoms with E-state index in [4.69, 9.17) is 39.5 Å². The molecule has 0 saturated carbocycles. The molecule has 18 heavy (non-hydrogen) atoms. The maximum atomic E-state index is 6.06. The second kappa shape index (κ2) is 6.69. The molecule has 1 nitrogen and oxygen atoms in total. The SMILES string of the molecule is CC(C)(C)C(CBr)COc1cc(Cl)c(Cl)cc1Cl. The fraction of sp³-hybridized carbons (Fsp3) is 0.538. The molecule has 0 spiro atoms. The Hall–Kier alpha value is 0.370. The van der Waals surface area contributed by atoms with Crippen molar-refractivity contribution < 1.29 is 4.74 Å². The summed E-state index contributed by atoms with van der Waals surface area (Å²) in [5.41, 5.74) is 0.159. The van der Waals surface area contributed by atoms with Crippen molar-refractivity contribution in [3.8, 4) is 5.75 Å². The van der Waals surface area contributed by atoms with E-state index < -0.39 is 0 Å². The van der Waals surface area contributed by atoms with Crippen LogP contribution in [0.2, 0.25) is 15.1 Å². The molecule has 0 N–H and O–H groups in total. The average molecular weight is 375 g/mol. The molecule has 0 bridgehead atoms. The summed E-state index contributed by atoms with van der Waals surface area (Å²) in [7, 11) is 0. The summed E-state index contributed by atoms with van der Waals surface area (Å²) in [6.45, 7) is 7.11. The van der Waals surface area contributed by atoms with Crippen LogP contribution in [0.4, 0.5) is 0 Å². The molecule has 1 aromatic carbocycles. The molecule has 0 aliphatic carbocycles. The molecule has 102 valence electrons. The molecule has 1 rings (SSSR count). The number of ether oxygens (including phenoxy) is 1. The molecule has 0 aliphatic heterocycles. The van der Waals surface area contributed by atoms with Gasteiger partial charge >= 0.3 is 0 Å². The summed E-state index contributed by atoms with van der Waals surface area (Å²) in [5.74, 6) is 0.948. The van der Waals surface area contributed by atoms with E-state index in [1.54, 1.807) is 12.1 Å². The first kappa shape index (κ1) is 16.4. The van der Waals surface area contributed by atoms with Crippen molar-refractivity contribution in [3.05, 3.63) is 27.2 Å². The molecule has 0 aromatic heterocycles. The van der Waals surface area contributed by atoms with Gasteiger partial charge in [-0.05, 0) is 11.5 Å². The standard InChI is InChI=1S/C13H16BrCl3O/c1-13(2,3)8(6-14)7-18-12-5-10(16)9(15)4-11(12)17/h4-5,8H,6-7H2,1-3H3. The van der Waals surface area contributed by atoms with Crippen molar-refractivity contribution in [1.29, 1.82) is 0 Å². The van der Waals surface area contributed by atoms with Crippen molar-refractivity contribution in [3.63, 3.8) is 0 Å². The Morgan fingerprint density at radius 1 is 1.11 bits per heavy atom. The van der Waals surface area contributed by atoms with Crippen molar-refractivity contribution >= 4 is 50.7 Å². The number of benzene rings is 1. The lowest BCUT2D eigenvalue weighted by atomic mass is 9.83. The number of halogens is 4. The lowest BCUT2D eigenvalue weighted by Gasteiger charge is -2.29. The van der Waals surface area contributed by atoms with Crippen LogP contribution in [0.3, 0.4) is 0 Å². The zero-order chi connectivity index (χ0) is 13.9. The van der Waals surface area contributed by atoms with Gasteiger partial charge in [0.1, 0.15) is 5.75 Å². The first-order valence-corrected chi connectivity index (χ1v) is 7.84. The fourth-order valence-electron chi connectivity index (χ4n) is 1.33. The van der Waals surface area contributed by atoms with Crippen molar-refractivity contribution in [2.45, 2.75) is 20.8 Å². The lowest BCUT2D eigenvalue weighted by Crippen LogP contribution is -2.27. The fourth-order valence-corrected chi connectivity index (χ4v) is 3.08. The molecule has 0 amide bonds. The summed E-state index contributed by atoms with van der Waals surface area (Å²) in [6, 6.07) is 3.25. The highest BCUT2D eigenvalue weighted by Gasteiger charge is 2.24. The van der Waals surface area contributed by atoms with Gasteiger partial charge in [-0.3, -0.25) is 0 Å². The van der Waals surface area contributed by atoms with E-state index in [2.05, 4.69) is 36.7 Å². The maximum absolute atomic E-state index is 6.06. The molecule has 0 aliphatic rings. The largest absolute Gasteiger partial charge is 0.492 e. The molecule has 0 heterocycles. The molecule has 1 aromatic rings. The Bertz CT molecular complexity index is 415. The van der Waals surface area contributed by atoms with Crippen LogP contribution in [0, 0.1) is 11.3 Å². The zero-order valence-electron chi connectivity index (χ0n) is 10.6. The highest BCUT2D eigenvalue weighted by molar-refractivity contribution is 9.09. The van der Waals surface area contributed by atoms with Crippen molar-refractivity contribution in [1.82, 2.24) is 0 Å². The summed E-state index contributed by atoms with van der Waals surface area (Å²) in [5, 5.41) is 2.23. The smallest absolute Gasteiger partial charge is 0.139 e. The summed E-state index contributed by atoms with van der Waals surface area (Å²) in [4.78, 5) is 0. The predicted octanol–water partition coefficient (Wildman–Crippen LogP) is 6.08. The number of alkyl halides is 1. The molecular formula is C13H16BrCl3O.